The van der Waals surface area contributed by atoms with Crippen LogP contribution in [-0.4, -0.2) is 37.8 Å². The highest BCUT2D eigenvalue weighted by atomic mass is 32.1. The lowest BCUT2D eigenvalue weighted by Crippen LogP contribution is -2.41. The van der Waals surface area contributed by atoms with E-state index >= 15 is 0 Å². The van der Waals surface area contributed by atoms with Crippen molar-refractivity contribution in [2.24, 2.45) is 13.0 Å². The van der Waals surface area contributed by atoms with E-state index in [9.17, 15) is 19.5 Å². The lowest BCUT2D eigenvalue weighted by atomic mass is 10.0. The third kappa shape index (κ3) is 4.41. The van der Waals surface area contributed by atoms with Gasteiger partial charge in [0, 0.05) is 7.05 Å². The summed E-state index contributed by atoms with van der Waals surface area (Å²) in [5.41, 5.74) is 1.99. The minimum Gasteiger partial charge on any atom is -0.480 e. The van der Waals surface area contributed by atoms with Crippen molar-refractivity contribution in [3.63, 3.8) is 0 Å². The highest BCUT2D eigenvalue weighted by Crippen LogP contribution is 2.28. The fourth-order valence-electron chi connectivity index (χ4n) is 2.73. The van der Waals surface area contributed by atoms with Gasteiger partial charge in [0.05, 0.1) is 17.0 Å². The van der Waals surface area contributed by atoms with Crippen molar-refractivity contribution in [1.29, 1.82) is 0 Å². The number of aliphatic carboxylic acids is 1. The van der Waals surface area contributed by atoms with E-state index in [1.54, 1.807) is 27.8 Å². The number of rotatable bonds is 6. The van der Waals surface area contributed by atoms with Crippen molar-refractivity contribution in [1.82, 2.24) is 20.1 Å². The number of hydrogen-bond donors (Lipinski definition) is 2. The summed E-state index contributed by atoms with van der Waals surface area (Å²) in [6.07, 6.45) is 0.328. The van der Waals surface area contributed by atoms with Crippen LogP contribution in [0.4, 0.5) is 0 Å². The number of carboxylic acid groups (broad SMARTS) is 1. The third-order valence-electron chi connectivity index (χ3n) is 4.25. The zero-order chi connectivity index (χ0) is 20.5. The fourth-order valence-corrected chi connectivity index (χ4v) is 3.79. The van der Waals surface area contributed by atoms with Crippen LogP contribution in [0, 0.1) is 26.7 Å². The maximum absolute atomic E-state index is 12.6. The Kier molecular flexibility index (Phi) is 6.15. The van der Waals surface area contributed by atoms with Crippen molar-refractivity contribution in [3.8, 4) is 10.6 Å². The smallest absolute Gasteiger partial charge is 0.326 e. The van der Waals surface area contributed by atoms with Gasteiger partial charge in [0.15, 0.2) is 0 Å². The summed E-state index contributed by atoms with van der Waals surface area (Å²) in [5.74, 6) is -1.45. The Morgan fingerprint density at radius 2 is 1.85 bits per heavy atom. The molecule has 0 saturated carbocycles. The van der Waals surface area contributed by atoms with Crippen LogP contribution in [0.15, 0.2) is 4.79 Å². The van der Waals surface area contributed by atoms with Gasteiger partial charge in [-0.1, -0.05) is 13.8 Å². The Bertz CT molecular complexity index is 946. The first-order valence-electron chi connectivity index (χ1n) is 8.58. The van der Waals surface area contributed by atoms with Crippen LogP contribution in [0.5, 0.6) is 0 Å². The van der Waals surface area contributed by atoms with E-state index in [1.807, 2.05) is 13.8 Å². The van der Waals surface area contributed by atoms with E-state index in [-0.39, 0.29) is 11.5 Å². The second-order valence-electron chi connectivity index (χ2n) is 6.94. The topological polar surface area (TPSA) is 114 Å². The second kappa shape index (κ2) is 7.99. The Hall–Kier alpha value is -2.55. The largest absolute Gasteiger partial charge is 0.480 e. The maximum Gasteiger partial charge on any atom is 0.326 e. The highest BCUT2D eigenvalue weighted by molar-refractivity contribution is 7.17. The molecular weight excluding hydrogens is 368 g/mol. The number of aromatic nitrogens is 3. The Labute approximate surface area is 161 Å². The van der Waals surface area contributed by atoms with Gasteiger partial charge in [0.25, 0.3) is 11.5 Å². The minimum absolute atomic E-state index is 0.120. The molecule has 9 heteroatoms. The van der Waals surface area contributed by atoms with Crippen LogP contribution in [-0.2, 0) is 11.8 Å². The van der Waals surface area contributed by atoms with E-state index in [2.05, 4.69) is 15.4 Å². The summed E-state index contributed by atoms with van der Waals surface area (Å²) in [6.45, 7) is 9.04. The van der Waals surface area contributed by atoms with Gasteiger partial charge in [-0.15, -0.1) is 11.3 Å². The monoisotopic (exact) mass is 392 g/mol. The van der Waals surface area contributed by atoms with Gasteiger partial charge >= 0.3 is 5.97 Å². The average Bonchev–Trinajstić information content (AvgIpc) is 2.93. The fraction of sp³-hybridized carbons (Fsp3) is 0.500. The van der Waals surface area contributed by atoms with E-state index in [1.165, 1.54) is 4.68 Å². The number of nitrogens with one attached hydrogen (secondary N) is 1. The summed E-state index contributed by atoms with van der Waals surface area (Å²) < 4.78 is 1.25. The predicted molar refractivity (Wildman–Crippen MR) is 103 cm³/mol. The molecule has 8 nitrogen and oxygen atoms in total. The van der Waals surface area contributed by atoms with Gasteiger partial charge in [0.1, 0.15) is 15.9 Å². The zero-order valence-corrected chi connectivity index (χ0v) is 17.1. The summed E-state index contributed by atoms with van der Waals surface area (Å²) in [6, 6.07) is -0.972. The molecule has 1 atom stereocenters. The molecule has 0 aliphatic heterocycles. The minimum atomic E-state index is -1.08. The van der Waals surface area contributed by atoms with E-state index in [0.717, 1.165) is 11.3 Å². The van der Waals surface area contributed by atoms with Crippen LogP contribution < -0.4 is 10.9 Å². The van der Waals surface area contributed by atoms with Crippen molar-refractivity contribution in [2.75, 3.05) is 0 Å². The molecule has 27 heavy (non-hydrogen) atoms. The lowest BCUT2D eigenvalue weighted by Gasteiger charge is -2.15. The molecule has 2 N–H and O–H groups in total. The van der Waals surface area contributed by atoms with Gasteiger partial charge < -0.3 is 10.4 Å². The number of carbonyl (C=O) groups is 2. The average molecular weight is 392 g/mol. The number of nitrogens with zero attached hydrogens (tertiary/aromatic N) is 3. The lowest BCUT2D eigenvalue weighted by molar-refractivity contribution is -0.139. The molecule has 0 spiro atoms. The third-order valence-corrected chi connectivity index (χ3v) is 5.43. The molecule has 0 radical (unpaired) electrons. The molecule has 0 fully saturated rings. The summed E-state index contributed by atoms with van der Waals surface area (Å²) in [4.78, 5) is 41.2. The molecule has 0 aliphatic carbocycles. The van der Waals surface area contributed by atoms with Gasteiger partial charge in [0.2, 0.25) is 0 Å². The number of carbonyl (C=O) groups excluding carboxylic acids is 1. The van der Waals surface area contributed by atoms with Gasteiger partial charge in [-0.3, -0.25) is 9.59 Å². The molecule has 2 aromatic rings. The highest BCUT2D eigenvalue weighted by Gasteiger charge is 2.25. The zero-order valence-electron chi connectivity index (χ0n) is 16.3. The maximum atomic E-state index is 12.6. The van der Waals surface area contributed by atoms with Crippen LogP contribution in [0.1, 0.15) is 46.9 Å². The Morgan fingerprint density at radius 1 is 1.22 bits per heavy atom. The molecule has 2 rings (SSSR count). The molecule has 2 aromatic heterocycles. The normalized spacial score (nSPS) is 12.3. The van der Waals surface area contributed by atoms with Crippen molar-refractivity contribution in [2.45, 2.75) is 47.1 Å². The first-order chi connectivity index (χ1) is 12.5. The molecule has 0 unspecified atom stereocenters. The number of aryl methyl sites for hydroxylation is 3. The molecule has 0 bridgehead atoms. The van der Waals surface area contributed by atoms with Crippen LogP contribution in [0.25, 0.3) is 10.6 Å². The second-order valence-corrected chi connectivity index (χ2v) is 7.94. The molecule has 1 amide bonds. The molecule has 0 aliphatic rings. The predicted octanol–water partition coefficient (Wildman–Crippen LogP) is 2.06. The number of thiazole rings is 1. The number of amides is 1. The van der Waals surface area contributed by atoms with E-state index in [0.29, 0.717) is 38.8 Å². The molecule has 146 valence electrons. The van der Waals surface area contributed by atoms with Gasteiger partial charge in [-0.2, -0.15) is 5.10 Å². The van der Waals surface area contributed by atoms with E-state index < -0.39 is 17.9 Å². The standard InChI is InChI=1S/C18H24N4O4S/c1-8(2)7-12(18(25)26)20-15(23)14-11(5)19-16(27-14)13-9(3)10(4)21-22(6)17(13)24/h8,12H,7H2,1-6H3,(H,20,23)(H,25,26)/t12-/m1/s1. The van der Waals surface area contributed by atoms with Crippen LogP contribution in [0.2, 0.25) is 0 Å². The van der Waals surface area contributed by atoms with Crippen molar-refractivity contribution in [3.05, 3.63) is 32.2 Å². The van der Waals surface area contributed by atoms with Gasteiger partial charge in [-0.05, 0) is 38.7 Å². The van der Waals surface area contributed by atoms with E-state index in [4.69, 9.17) is 0 Å². The van der Waals surface area contributed by atoms with Gasteiger partial charge in [-0.25, -0.2) is 14.5 Å². The SMILES string of the molecule is Cc1nc(-c2c(C)c(C)nn(C)c2=O)sc1C(=O)N[C@H](CC(C)C)C(=O)O. The molecule has 2 heterocycles. The molecule has 0 aromatic carbocycles. The van der Waals surface area contributed by atoms with Crippen LogP contribution in [0.3, 0.4) is 0 Å². The van der Waals surface area contributed by atoms with Crippen molar-refractivity contribution < 1.29 is 14.7 Å². The summed E-state index contributed by atoms with van der Waals surface area (Å²) in [5, 5.41) is 16.5. The first kappa shape index (κ1) is 20.8. The number of carboxylic acids is 1. The number of hydrogen-bond acceptors (Lipinski definition) is 6. The quantitative estimate of drug-likeness (QED) is 0.778. The van der Waals surface area contributed by atoms with Crippen LogP contribution >= 0.6 is 11.3 Å². The molecular formula is C18H24N4O4S. The van der Waals surface area contributed by atoms with Crippen molar-refractivity contribution >= 4 is 23.2 Å². The Balaban J connectivity index is 2.41. The first-order valence-corrected chi connectivity index (χ1v) is 9.40. The summed E-state index contributed by atoms with van der Waals surface area (Å²) >= 11 is 1.08. The summed E-state index contributed by atoms with van der Waals surface area (Å²) in [7, 11) is 1.57. The Morgan fingerprint density at radius 3 is 2.41 bits per heavy atom. The molecule has 0 saturated heterocycles.